The molecule has 8 rings (SSSR count). The third kappa shape index (κ3) is 3.81. The van der Waals surface area contributed by atoms with Crippen molar-refractivity contribution >= 4 is 0 Å². The van der Waals surface area contributed by atoms with Gasteiger partial charge >= 0.3 is 0 Å². The van der Waals surface area contributed by atoms with E-state index in [9.17, 15) is 0 Å². The van der Waals surface area contributed by atoms with E-state index in [-0.39, 0.29) is 6.04 Å². The number of rotatable bonds is 4. The maximum absolute atomic E-state index is 4.63. The third-order valence-electron chi connectivity index (χ3n) is 9.10. The predicted molar refractivity (Wildman–Crippen MR) is 152 cm³/mol. The van der Waals surface area contributed by atoms with E-state index in [1.54, 1.807) is 0 Å². The second-order valence-electron chi connectivity index (χ2n) is 11.4. The maximum Gasteiger partial charge on any atom is 0.137 e. The van der Waals surface area contributed by atoms with Gasteiger partial charge in [-0.15, -0.1) is 0 Å². The number of nitrogens with zero attached hydrogens (tertiary/aromatic N) is 2. The first-order valence-corrected chi connectivity index (χ1v) is 13.8. The minimum atomic E-state index is 0.125. The van der Waals surface area contributed by atoms with E-state index in [1.807, 2.05) is 24.5 Å². The van der Waals surface area contributed by atoms with Crippen molar-refractivity contribution < 1.29 is 0 Å². The van der Waals surface area contributed by atoms with E-state index in [2.05, 4.69) is 99.2 Å². The summed E-state index contributed by atoms with van der Waals surface area (Å²) in [5.74, 6) is 10.00. The molecule has 4 aliphatic rings. The average molecular weight is 511 g/mol. The second-order valence-corrected chi connectivity index (χ2v) is 11.4. The van der Waals surface area contributed by atoms with Gasteiger partial charge in [-0.3, -0.25) is 5.32 Å². The van der Waals surface area contributed by atoms with Crippen LogP contribution in [0.3, 0.4) is 0 Å². The summed E-state index contributed by atoms with van der Waals surface area (Å²) in [5.41, 5.74) is 10.3. The molecule has 0 radical (unpaired) electrons. The molecule has 4 aromatic rings. The molecule has 2 aliphatic heterocycles. The number of H-pyrrole nitrogens is 2. The molecule has 6 heteroatoms. The monoisotopic (exact) mass is 510 g/mol. The highest BCUT2D eigenvalue weighted by Crippen LogP contribution is 2.51. The van der Waals surface area contributed by atoms with Crippen molar-refractivity contribution in [3.05, 3.63) is 107 Å². The largest absolute Gasteiger partial charge is 0.341 e. The molecule has 1 saturated carbocycles. The van der Waals surface area contributed by atoms with E-state index >= 15 is 0 Å². The normalized spacial score (nSPS) is 28.2. The molecule has 6 unspecified atom stereocenters. The molecule has 39 heavy (non-hydrogen) atoms. The van der Waals surface area contributed by atoms with Crippen molar-refractivity contribution in [3.8, 4) is 34.6 Å². The highest BCUT2D eigenvalue weighted by atomic mass is 15.1. The van der Waals surface area contributed by atoms with Gasteiger partial charge in [0.15, 0.2) is 0 Å². The van der Waals surface area contributed by atoms with E-state index in [1.165, 1.54) is 23.3 Å². The Bertz CT molecular complexity index is 1700. The summed E-state index contributed by atoms with van der Waals surface area (Å²) >= 11 is 0. The van der Waals surface area contributed by atoms with Gasteiger partial charge in [-0.05, 0) is 66.2 Å². The zero-order chi connectivity index (χ0) is 26.2. The SMILES string of the molecule is C=C1C2=C(C)C2NC1c1cnc(-c2ccc(C#Cc3ccc(-c4ncc(C5CC6C(C)C6N5)[nH]4)cc3)cc2)[nH]1. The summed E-state index contributed by atoms with van der Waals surface area (Å²) < 4.78 is 0. The zero-order valence-corrected chi connectivity index (χ0v) is 22.0. The molecule has 4 N–H and O–H groups in total. The van der Waals surface area contributed by atoms with Gasteiger partial charge in [0, 0.05) is 34.3 Å². The van der Waals surface area contributed by atoms with Crippen LogP contribution in [-0.2, 0) is 0 Å². The van der Waals surface area contributed by atoms with E-state index in [4.69, 9.17) is 0 Å². The summed E-state index contributed by atoms with van der Waals surface area (Å²) in [4.78, 5) is 16.2. The number of piperidine rings is 1. The standard InChI is InChI=1S/C33H30N6/c1-17-24-14-25(36-29(17)24)26-15-34-32(37-26)22-10-6-20(7-11-22)4-5-21-8-12-23(13-9-21)33-35-16-27(38-33)30-18(2)28-19(3)31(28)39-30/h6-13,15-17,24-25,29-31,36,39H,2,14H2,1,3H3,(H,34,37)(H,35,38). The first kappa shape index (κ1) is 22.8. The molecule has 2 aromatic carbocycles. The van der Waals surface area contributed by atoms with Gasteiger partial charge in [-0.2, -0.15) is 0 Å². The van der Waals surface area contributed by atoms with Crippen molar-refractivity contribution in [3.63, 3.8) is 0 Å². The summed E-state index contributed by atoms with van der Waals surface area (Å²) in [6, 6.07) is 18.1. The van der Waals surface area contributed by atoms with E-state index in [0.29, 0.717) is 18.1 Å². The number of imidazole rings is 2. The lowest BCUT2D eigenvalue weighted by atomic mass is 10.1. The van der Waals surface area contributed by atoms with Gasteiger partial charge in [0.2, 0.25) is 0 Å². The summed E-state index contributed by atoms with van der Waals surface area (Å²) in [6.45, 7) is 8.77. The molecule has 0 bridgehead atoms. The maximum atomic E-state index is 4.63. The minimum absolute atomic E-state index is 0.125. The van der Waals surface area contributed by atoms with Crippen LogP contribution in [0.15, 0.2) is 84.2 Å². The molecular weight excluding hydrogens is 480 g/mol. The first-order chi connectivity index (χ1) is 19.0. The molecule has 6 atom stereocenters. The van der Waals surface area contributed by atoms with E-state index < -0.39 is 0 Å². The van der Waals surface area contributed by atoms with Crippen LogP contribution in [0, 0.1) is 23.7 Å². The fourth-order valence-electron chi connectivity index (χ4n) is 6.50. The molecule has 192 valence electrons. The summed E-state index contributed by atoms with van der Waals surface area (Å²) in [7, 11) is 0. The first-order valence-electron chi connectivity index (χ1n) is 13.8. The minimum Gasteiger partial charge on any atom is -0.341 e. The Hall–Kier alpha value is -4.18. The van der Waals surface area contributed by atoms with Crippen LogP contribution in [0.2, 0.25) is 0 Å². The van der Waals surface area contributed by atoms with Crippen LogP contribution in [0.4, 0.5) is 0 Å². The van der Waals surface area contributed by atoms with E-state index in [0.717, 1.165) is 57.0 Å². The fourth-order valence-corrected chi connectivity index (χ4v) is 6.50. The number of aromatic nitrogens is 4. The number of aromatic amines is 2. The lowest BCUT2D eigenvalue weighted by molar-refractivity contribution is 0.508. The van der Waals surface area contributed by atoms with Crippen molar-refractivity contribution in [2.45, 2.75) is 44.4 Å². The van der Waals surface area contributed by atoms with Gasteiger partial charge in [0.1, 0.15) is 11.6 Å². The van der Waals surface area contributed by atoms with Crippen molar-refractivity contribution in [2.24, 2.45) is 11.8 Å². The molecule has 2 saturated heterocycles. The number of benzene rings is 2. The van der Waals surface area contributed by atoms with Crippen LogP contribution in [0.25, 0.3) is 22.8 Å². The van der Waals surface area contributed by atoms with Crippen LogP contribution in [-0.4, -0.2) is 32.0 Å². The Morgan fingerprint density at radius 2 is 1.38 bits per heavy atom. The van der Waals surface area contributed by atoms with Crippen LogP contribution in [0.1, 0.15) is 54.9 Å². The molecule has 2 aliphatic carbocycles. The highest BCUT2D eigenvalue weighted by Gasteiger charge is 2.53. The van der Waals surface area contributed by atoms with Crippen molar-refractivity contribution in [1.82, 2.24) is 30.6 Å². The van der Waals surface area contributed by atoms with Crippen LogP contribution >= 0.6 is 0 Å². The fraction of sp³-hybridized carbons (Fsp3) is 0.273. The van der Waals surface area contributed by atoms with Gasteiger partial charge in [0.05, 0.1) is 35.9 Å². The zero-order valence-electron chi connectivity index (χ0n) is 22.0. The molecule has 3 fully saturated rings. The Morgan fingerprint density at radius 1 is 0.795 bits per heavy atom. The average Bonchev–Trinajstić information content (AvgIpc) is 3.48. The molecule has 0 amide bonds. The van der Waals surface area contributed by atoms with Gasteiger partial charge in [0.25, 0.3) is 0 Å². The Balaban J connectivity index is 0.921. The third-order valence-corrected chi connectivity index (χ3v) is 9.10. The lowest BCUT2D eigenvalue weighted by Gasteiger charge is -2.12. The molecule has 4 heterocycles. The van der Waals surface area contributed by atoms with Crippen LogP contribution < -0.4 is 10.6 Å². The predicted octanol–water partition coefficient (Wildman–Crippen LogP) is 5.43. The molecule has 6 nitrogen and oxygen atoms in total. The molecule has 0 spiro atoms. The van der Waals surface area contributed by atoms with Gasteiger partial charge < -0.3 is 15.3 Å². The highest BCUT2D eigenvalue weighted by molar-refractivity contribution is 5.64. The number of nitrogens with one attached hydrogen (secondary N) is 4. The van der Waals surface area contributed by atoms with Crippen molar-refractivity contribution in [2.75, 3.05) is 0 Å². The Kier molecular flexibility index (Phi) is 4.91. The number of hydrogen-bond acceptors (Lipinski definition) is 4. The number of fused-ring (bicyclic) bond motifs is 2. The quantitative estimate of drug-likeness (QED) is 0.276. The second kappa shape index (κ2) is 8.41. The Morgan fingerprint density at radius 3 is 1.92 bits per heavy atom. The van der Waals surface area contributed by atoms with Gasteiger partial charge in [-0.25, -0.2) is 9.97 Å². The van der Waals surface area contributed by atoms with Crippen LogP contribution in [0.5, 0.6) is 0 Å². The van der Waals surface area contributed by atoms with Gasteiger partial charge in [-0.1, -0.05) is 49.6 Å². The van der Waals surface area contributed by atoms with Crippen molar-refractivity contribution in [1.29, 1.82) is 0 Å². The molecular formula is C33H30N6. The topological polar surface area (TPSA) is 81.4 Å². The lowest BCUT2D eigenvalue weighted by Crippen LogP contribution is -2.20. The molecule has 2 aromatic heterocycles. The number of hydrogen-bond donors (Lipinski definition) is 4. The summed E-state index contributed by atoms with van der Waals surface area (Å²) in [6.07, 6.45) is 5.10. The summed E-state index contributed by atoms with van der Waals surface area (Å²) in [5, 5.41) is 7.34. The Labute approximate surface area is 228 Å². The smallest absolute Gasteiger partial charge is 0.137 e.